The topological polar surface area (TPSA) is 110 Å². The van der Waals surface area contributed by atoms with Crippen molar-refractivity contribution in [3.63, 3.8) is 0 Å². The van der Waals surface area contributed by atoms with E-state index < -0.39 is 16.8 Å². The molecule has 2 aliphatic rings. The van der Waals surface area contributed by atoms with Crippen molar-refractivity contribution in [3.05, 3.63) is 86.7 Å². The molecule has 3 heterocycles. The molecular weight excluding hydrogens is 542 g/mol. The average Bonchev–Trinajstić information content (AvgIpc) is 3.38. The van der Waals surface area contributed by atoms with Gasteiger partial charge in [0.15, 0.2) is 0 Å². The van der Waals surface area contributed by atoms with E-state index in [1.165, 1.54) is 17.6 Å². The number of allylic oxidation sites excluding steroid dienone is 1. The van der Waals surface area contributed by atoms with Crippen LogP contribution in [0.1, 0.15) is 43.5 Å². The number of nitro groups is 1. The minimum atomic E-state index is -0.508. The van der Waals surface area contributed by atoms with Crippen LogP contribution in [0.15, 0.2) is 59.8 Å². The van der Waals surface area contributed by atoms with Gasteiger partial charge in [0.25, 0.3) is 5.69 Å². The van der Waals surface area contributed by atoms with E-state index in [1.807, 2.05) is 38.1 Å². The van der Waals surface area contributed by atoms with Gasteiger partial charge in [-0.3, -0.25) is 15.0 Å². The van der Waals surface area contributed by atoms with Crippen LogP contribution in [0.25, 0.3) is 0 Å². The Morgan fingerprint density at radius 3 is 2.63 bits per heavy atom. The highest BCUT2D eigenvalue weighted by Gasteiger charge is 2.37. The number of rotatable bonds is 10. The van der Waals surface area contributed by atoms with Crippen LogP contribution in [-0.2, 0) is 16.0 Å². The molecule has 5 rings (SSSR count). The van der Waals surface area contributed by atoms with Crippen molar-refractivity contribution in [3.8, 4) is 5.75 Å². The Bertz CT molecular complexity index is 1450. The summed E-state index contributed by atoms with van der Waals surface area (Å²) in [5.74, 6) is -0.0240. The summed E-state index contributed by atoms with van der Waals surface area (Å²) in [5, 5.41) is 15.8. The van der Waals surface area contributed by atoms with Crippen molar-refractivity contribution in [1.29, 1.82) is 0 Å². The van der Waals surface area contributed by atoms with E-state index in [0.717, 1.165) is 60.4 Å². The Hall–Kier alpha value is -3.96. The lowest BCUT2D eigenvalue weighted by molar-refractivity contribution is -0.384. The Morgan fingerprint density at radius 1 is 1.12 bits per heavy atom. The largest absolute Gasteiger partial charge is 0.492 e. The molecule has 2 aliphatic heterocycles. The van der Waals surface area contributed by atoms with Crippen LogP contribution in [-0.4, -0.2) is 66.1 Å². The minimum Gasteiger partial charge on any atom is -0.492 e. The van der Waals surface area contributed by atoms with Gasteiger partial charge in [-0.1, -0.05) is 24.3 Å². The van der Waals surface area contributed by atoms with Crippen LogP contribution in [0.3, 0.4) is 0 Å². The van der Waals surface area contributed by atoms with Crippen LogP contribution in [0.2, 0.25) is 0 Å². The fourth-order valence-corrected chi connectivity index (χ4v) is 6.52. The molecule has 0 bridgehead atoms. The summed E-state index contributed by atoms with van der Waals surface area (Å²) >= 11 is 1.36. The number of nitrogens with one attached hydrogen (secondary N) is 1. The quantitative estimate of drug-likeness (QED) is 0.197. The van der Waals surface area contributed by atoms with E-state index in [2.05, 4.69) is 21.2 Å². The molecule has 1 aromatic heterocycles. The van der Waals surface area contributed by atoms with Crippen molar-refractivity contribution >= 4 is 33.9 Å². The van der Waals surface area contributed by atoms with Gasteiger partial charge in [-0.05, 0) is 50.0 Å². The fourth-order valence-electron chi connectivity index (χ4n) is 5.60. The average molecular weight is 578 g/mol. The second kappa shape index (κ2) is 12.7. The maximum Gasteiger partial charge on any atom is 0.336 e. The van der Waals surface area contributed by atoms with Crippen LogP contribution in [0.5, 0.6) is 5.75 Å². The highest BCUT2D eigenvalue weighted by Crippen LogP contribution is 2.46. The smallest absolute Gasteiger partial charge is 0.336 e. The second-order valence-corrected chi connectivity index (χ2v) is 10.8. The second-order valence-electron chi connectivity index (χ2n) is 10.0. The van der Waals surface area contributed by atoms with Gasteiger partial charge in [0, 0.05) is 68.5 Å². The predicted octanol–water partition coefficient (Wildman–Crippen LogP) is 5.21. The number of anilines is 2. The number of piperazine rings is 1. The predicted molar refractivity (Wildman–Crippen MR) is 160 cm³/mol. The van der Waals surface area contributed by atoms with Crippen molar-refractivity contribution in [2.45, 2.75) is 33.1 Å². The normalized spacial score (nSPS) is 17.1. The fraction of sp³-hybridized carbons (Fsp3) is 0.400. The van der Waals surface area contributed by atoms with Gasteiger partial charge in [0.05, 0.1) is 35.1 Å². The molecule has 41 heavy (non-hydrogen) atoms. The lowest BCUT2D eigenvalue weighted by Gasteiger charge is -2.36. The number of para-hydroxylation sites is 2. The molecule has 0 saturated carbocycles. The van der Waals surface area contributed by atoms with Gasteiger partial charge in [0.2, 0.25) is 0 Å². The first-order valence-electron chi connectivity index (χ1n) is 14.0. The zero-order valence-electron chi connectivity index (χ0n) is 23.6. The summed E-state index contributed by atoms with van der Waals surface area (Å²) in [7, 11) is 0. The van der Waals surface area contributed by atoms with Crippen molar-refractivity contribution in [2.24, 2.45) is 0 Å². The summed E-state index contributed by atoms with van der Waals surface area (Å²) in [6, 6.07) is 14.7. The van der Waals surface area contributed by atoms with E-state index >= 15 is 0 Å². The van der Waals surface area contributed by atoms with Gasteiger partial charge in [-0.25, -0.2) is 4.79 Å². The molecule has 216 valence electrons. The molecule has 2 aromatic carbocycles. The number of carbonyl (C=O) groups excluding carboxylic acids is 1. The molecule has 1 N–H and O–H groups in total. The summed E-state index contributed by atoms with van der Waals surface area (Å²) in [4.78, 5) is 29.2. The maximum atomic E-state index is 13.2. The number of carbonyl (C=O) groups is 1. The third kappa shape index (κ3) is 6.06. The number of nitro benzene ring substituents is 1. The third-order valence-electron chi connectivity index (χ3n) is 7.54. The SMILES string of the molecule is CCOC(=O)C1=C(C)Nc2snc(CCN3CCN(c4ccccc4OCC)CC3)c2C1c1cccc([N+](=O)[O-])c1. The van der Waals surface area contributed by atoms with E-state index in [-0.39, 0.29) is 12.3 Å². The van der Waals surface area contributed by atoms with Crippen molar-refractivity contribution in [1.82, 2.24) is 9.27 Å². The summed E-state index contributed by atoms with van der Waals surface area (Å²) in [5.41, 5.74) is 4.71. The molecule has 0 aliphatic carbocycles. The molecular formula is C30H35N5O5S. The summed E-state index contributed by atoms with van der Waals surface area (Å²) in [6.45, 7) is 10.9. The molecule has 1 unspecified atom stereocenters. The van der Waals surface area contributed by atoms with Gasteiger partial charge >= 0.3 is 5.97 Å². The van der Waals surface area contributed by atoms with Crippen LogP contribution < -0.4 is 15.0 Å². The lowest BCUT2D eigenvalue weighted by Crippen LogP contribution is -2.47. The molecule has 10 nitrogen and oxygen atoms in total. The number of nitrogens with zero attached hydrogens (tertiary/aromatic N) is 4. The number of benzene rings is 2. The summed E-state index contributed by atoms with van der Waals surface area (Å²) in [6.07, 6.45) is 0.698. The molecule has 1 fully saturated rings. The number of esters is 1. The van der Waals surface area contributed by atoms with Gasteiger partial charge < -0.3 is 19.7 Å². The van der Waals surface area contributed by atoms with Gasteiger partial charge in [0.1, 0.15) is 10.8 Å². The molecule has 1 atom stereocenters. The van der Waals surface area contributed by atoms with Crippen LogP contribution in [0.4, 0.5) is 16.4 Å². The summed E-state index contributed by atoms with van der Waals surface area (Å²) < 4.78 is 16.1. The number of ether oxygens (including phenoxy) is 2. The van der Waals surface area contributed by atoms with Crippen molar-refractivity contribution in [2.75, 3.05) is 56.2 Å². The van der Waals surface area contributed by atoms with Gasteiger partial charge in [-0.2, -0.15) is 4.37 Å². The highest BCUT2D eigenvalue weighted by atomic mass is 32.1. The Balaban J connectivity index is 1.36. The van der Waals surface area contributed by atoms with Gasteiger partial charge in [-0.15, -0.1) is 0 Å². The number of fused-ring (bicyclic) bond motifs is 1. The monoisotopic (exact) mass is 577 g/mol. The first-order valence-corrected chi connectivity index (χ1v) is 14.7. The molecule has 11 heteroatoms. The number of non-ortho nitro benzene ring substituents is 1. The van der Waals surface area contributed by atoms with Crippen LogP contribution >= 0.6 is 11.5 Å². The first kappa shape index (κ1) is 28.6. The zero-order valence-corrected chi connectivity index (χ0v) is 24.4. The minimum absolute atomic E-state index is 0.0167. The molecule has 0 spiro atoms. The van der Waals surface area contributed by atoms with E-state index in [9.17, 15) is 14.9 Å². The Kier molecular flexibility index (Phi) is 8.84. The number of aromatic nitrogens is 1. The van der Waals surface area contributed by atoms with E-state index in [4.69, 9.17) is 13.8 Å². The van der Waals surface area contributed by atoms with Crippen molar-refractivity contribution < 1.29 is 19.2 Å². The molecule has 3 aromatic rings. The number of hydrogen-bond acceptors (Lipinski definition) is 10. The van der Waals surface area contributed by atoms with Crippen LogP contribution in [0, 0.1) is 10.1 Å². The molecule has 0 radical (unpaired) electrons. The molecule has 0 amide bonds. The van der Waals surface area contributed by atoms with E-state index in [0.29, 0.717) is 29.9 Å². The van der Waals surface area contributed by atoms with E-state index in [1.54, 1.807) is 19.1 Å². The standard InChI is InChI=1S/C30H35N5O5S/c1-4-39-25-12-7-6-11-24(25)34-17-15-33(16-18-34)14-13-23-28-27(21-9-8-10-22(19-21)35(37)38)26(30(36)40-5-2)20(3)31-29(28)41-32-23/h6-12,19,27,31H,4-5,13-18H2,1-3H3. The lowest BCUT2D eigenvalue weighted by atomic mass is 9.81. The Labute approximate surface area is 243 Å². The zero-order chi connectivity index (χ0) is 28.9. The third-order valence-corrected chi connectivity index (χ3v) is 8.35. The Morgan fingerprint density at radius 2 is 1.90 bits per heavy atom. The highest BCUT2D eigenvalue weighted by molar-refractivity contribution is 7.10. The maximum absolute atomic E-state index is 13.2. The first-order chi connectivity index (χ1) is 19.9. The number of hydrogen-bond donors (Lipinski definition) is 1. The molecule has 1 saturated heterocycles.